The summed E-state index contributed by atoms with van der Waals surface area (Å²) in [5.41, 5.74) is 7.74. The molecular formula is C40H28. The maximum atomic E-state index is 2.47. The number of hydrogen-bond donors (Lipinski definition) is 0. The largest absolute Gasteiger partial charge is 0.0757 e. The van der Waals surface area contributed by atoms with E-state index in [2.05, 4.69) is 146 Å². The number of fused-ring (bicyclic) bond motifs is 4. The van der Waals surface area contributed by atoms with Gasteiger partial charge in [-0.2, -0.15) is 0 Å². The minimum atomic E-state index is 1.06. The molecule has 0 saturated heterocycles. The first kappa shape index (κ1) is 23.0. The standard InChI is InChI=1S/C40H28/c1-2-10-27(11-3-1)32-22-23-37-38(26-32)40(34-21-19-29-13-5-7-15-31(29)25-34)36-17-9-8-16-35(36)39(37)33-20-18-28-12-4-6-14-30(28)24-33/h1-7,10-26H,8-9H2. The molecule has 0 aromatic heterocycles. The predicted molar refractivity (Wildman–Crippen MR) is 173 cm³/mol. The molecule has 0 N–H and O–H groups in total. The van der Waals surface area contributed by atoms with Crippen LogP contribution in [0.5, 0.6) is 0 Å². The lowest BCUT2D eigenvalue weighted by Gasteiger charge is -2.19. The Labute approximate surface area is 234 Å². The van der Waals surface area contributed by atoms with Crippen molar-refractivity contribution in [3.8, 4) is 33.4 Å². The highest BCUT2D eigenvalue weighted by atomic mass is 14.2. The first-order valence-corrected chi connectivity index (χ1v) is 14.2. The quantitative estimate of drug-likeness (QED) is 0.223. The van der Waals surface area contributed by atoms with Crippen LogP contribution in [0.15, 0.2) is 133 Å². The van der Waals surface area contributed by atoms with Crippen LogP contribution in [0.25, 0.3) is 77.9 Å². The van der Waals surface area contributed by atoms with Crippen molar-refractivity contribution in [2.45, 2.75) is 12.8 Å². The zero-order valence-electron chi connectivity index (χ0n) is 22.3. The van der Waals surface area contributed by atoms with Gasteiger partial charge in [0.05, 0.1) is 0 Å². The lowest BCUT2D eigenvalue weighted by atomic mass is 9.84. The van der Waals surface area contributed by atoms with Gasteiger partial charge < -0.3 is 0 Å². The summed E-state index contributed by atoms with van der Waals surface area (Å²) in [5, 5.41) is 10.5. The second kappa shape index (κ2) is 9.36. The maximum Gasteiger partial charge on any atom is -0.00293 e. The fourth-order valence-corrected chi connectivity index (χ4v) is 6.53. The molecule has 0 saturated carbocycles. The van der Waals surface area contributed by atoms with Crippen molar-refractivity contribution in [2.24, 2.45) is 0 Å². The fourth-order valence-electron chi connectivity index (χ4n) is 6.53. The van der Waals surface area contributed by atoms with Gasteiger partial charge in [0.1, 0.15) is 0 Å². The summed E-state index contributed by atoms with van der Waals surface area (Å²) >= 11 is 0. The molecule has 0 heteroatoms. The van der Waals surface area contributed by atoms with Crippen LogP contribution in [0.1, 0.15) is 12.8 Å². The Morgan fingerprint density at radius 2 is 0.825 bits per heavy atom. The molecule has 0 spiro atoms. The molecule has 0 radical (unpaired) electrons. The van der Waals surface area contributed by atoms with E-state index in [-0.39, 0.29) is 0 Å². The molecule has 8 rings (SSSR count). The van der Waals surface area contributed by atoms with Crippen LogP contribution in [0.2, 0.25) is 0 Å². The van der Waals surface area contributed by atoms with E-state index in [4.69, 9.17) is 0 Å². The van der Waals surface area contributed by atoms with Crippen LogP contribution in [-0.2, 0) is 0 Å². The van der Waals surface area contributed by atoms with Crippen LogP contribution in [0, 0.1) is 0 Å². The predicted octanol–water partition coefficient (Wildman–Crippen LogP) is 9.50. The van der Waals surface area contributed by atoms with Crippen molar-refractivity contribution >= 4 is 44.5 Å². The lowest BCUT2D eigenvalue weighted by molar-refractivity contribution is 1.12. The van der Waals surface area contributed by atoms with Gasteiger partial charge in [0.15, 0.2) is 0 Å². The third kappa shape index (κ3) is 3.76. The number of rotatable bonds is 3. The van der Waals surface area contributed by atoms with E-state index in [0.29, 0.717) is 0 Å². The molecule has 1 aliphatic rings. The Bertz CT molecular complexity index is 2200. The molecule has 0 fully saturated rings. The Balaban J connectivity index is 1.51. The highest BCUT2D eigenvalue weighted by Crippen LogP contribution is 2.36. The average Bonchev–Trinajstić information content (AvgIpc) is 3.03. The lowest BCUT2D eigenvalue weighted by Crippen LogP contribution is -2.31. The van der Waals surface area contributed by atoms with E-state index < -0.39 is 0 Å². The summed E-state index contributed by atoms with van der Waals surface area (Å²) in [6.07, 6.45) is 7.07. The van der Waals surface area contributed by atoms with Crippen molar-refractivity contribution in [3.63, 3.8) is 0 Å². The molecule has 40 heavy (non-hydrogen) atoms. The third-order valence-corrected chi connectivity index (χ3v) is 8.43. The van der Waals surface area contributed by atoms with Crippen molar-refractivity contribution in [1.29, 1.82) is 0 Å². The van der Waals surface area contributed by atoms with Gasteiger partial charge in [-0.05, 0) is 107 Å². The fraction of sp³-hybridized carbons (Fsp3) is 0.0500. The second-order valence-corrected chi connectivity index (χ2v) is 10.8. The van der Waals surface area contributed by atoms with Gasteiger partial charge in [-0.1, -0.05) is 127 Å². The van der Waals surface area contributed by atoms with Crippen LogP contribution in [0.4, 0.5) is 0 Å². The molecule has 0 heterocycles. The summed E-state index contributed by atoms with van der Waals surface area (Å²) < 4.78 is 0. The topological polar surface area (TPSA) is 0 Å². The molecule has 0 nitrogen and oxygen atoms in total. The van der Waals surface area contributed by atoms with Gasteiger partial charge >= 0.3 is 0 Å². The first-order chi connectivity index (χ1) is 19.8. The van der Waals surface area contributed by atoms with Crippen LogP contribution in [0.3, 0.4) is 0 Å². The highest BCUT2D eigenvalue weighted by Gasteiger charge is 2.17. The molecule has 7 aromatic rings. The van der Waals surface area contributed by atoms with Crippen molar-refractivity contribution in [1.82, 2.24) is 0 Å². The third-order valence-electron chi connectivity index (χ3n) is 8.43. The zero-order chi connectivity index (χ0) is 26.5. The van der Waals surface area contributed by atoms with Crippen LogP contribution >= 0.6 is 0 Å². The highest BCUT2D eigenvalue weighted by molar-refractivity contribution is 6.09. The van der Waals surface area contributed by atoms with E-state index >= 15 is 0 Å². The van der Waals surface area contributed by atoms with Gasteiger partial charge in [-0.3, -0.25) is 0 Å². The van der Waals surface area contributed by atoms with Crippen molar-refractivity contribution < 1.29 is 0 Å². The smallest absolute Gasteiger partial charge is 0.00293 e. The molecule has 0 bridgehead atoms. The molecule has 0 amide bonds. The van der Waals surface area contributed by atoms with Crippen molar-refractivity contribution in [2.75, 3.05) is 0 Å². The minimum Gasteiger partial charge on any atom is -0.0757 e. The summed E-state index contributed by atoms with van der Waals surface area (Å²) in [6, 6.07) is 49.1. The number of hydrogen-bond acceptors (Lipinski definition) is 0. The maximum absolute atomic E-state index is 2.47. The Morgan fingerprint density at radius 1 is 0.325 bits per heavy atom. The van der Waals surface area contributed by atoms with Gasteiger partial charge in [0.25, 0.3) is 0 Å². The summed E-state index contributed by atoms with van der Waals surface area (Å²) in [5.74, 6) is 0. The first-order valence-electron chi connectivity index (χ1n) is 14.2. The molecule has 0 atom stereocenters. The van der Waals surface area contributed by atoms with E-state index in [1.54, 1.807) is 0 Å². The monoisotopic (exact) mass is 508 g/mol. The molecule has 0 aliphatic heterocycles. The number of benzene rings is 7. The Morgan fingerprint density at radius 3 is 1.43 bits per heavy atom. The average molecular weight is 509 g/mol. The van der Waals surface area contributed by atoms with Gasteiger partial charge in [0.2, 0.25) is 0 Å². The van der Waals surface area contributed by atoms with Crippen LogP contribution < -0.4 is 10.4 Å². The second-order valence-electron chi connectivity index (χ2n) is 10.8. The molecule has 188 valence electrons. The molecule has 7 aromatic carbocycles. The molecule has 1 aliphatic carbocycles. The van der Waals surface area contributed by atoms with E-state index in [1.807, 2.05) is 0 Å². The summed E-state index contributed by atoms with van der Waals surface area (Å²) in [6.45, 7) is 0. The zero-order valence-corrected chi connectivity index (χ0v) is 22.3. The summed E-state index contributed by atoms with van der Waals surface area (Å²) in [7, 11) is 0. The SMILES string of the molecule is C1=c2c(-c3ccc4ccccc4c3)c3ccc(-c4ccccc4)cc3c(-c3ccc4ccccc4c3)c2=CCC1. The Kier molecular flexibility index (Phi) is 5.38. The van der Waals surface area contributed by atoms with Gasteiger partial charge in [-0.15, -0.1) is 0 Å². The van der Waals surface area contributed by atoms with Gasteiger partial charge in [-0.25, -0.2) is 0 Å². The van der Waals surface area contributed by atoms with E-state index in [9.17, 15) is 0 Å². The molecule has 0 unspecified atom stereocenters. The normalized spacial score (nSPS) is 12.7. The summed E-state index contributed by atoms with van der Waals surface area (Å²) in [4.78, 5) is 0. The Hall–Kier alpha value is -4.94. The van der Waals surface area contributed by atoms with Gasteiger partial charge in [0, 0.05) is 0 Å². The molecular weight excluding hydrogens is 480 g/mol. The van der Waals surface area contributed by atoms with E-state index in [1.165, 1.54) is 76.1 Å². The minimum absolute atomic E-state index is 1.06. The van der Waals surface area contributed by atoms with Crippen LogP contribution in [-0.4, -0.2) is 0 Å². The van der Waals surface area contributed by atoms with E-state index in [0.717, 1.165) is 12.8 Å². The van der Waals surface area contributed by atoms with Crippen molar-refractivity contribution in [3.05, 3.63) is 144 Å².